The van der Waals surface area contributed by atoms with E-state index in [1.54, 1.807) is 6.07 Å². The molecule has 2 heterocycles. The van der Waals surface area contributed by atoms with Gasteiger partial charge >= 0.3 is 0 Å². The number of nitrogens with two attached hydrogens (primary N) is 2. The normalized spacial score (nSPS) is 13.7. The van der Waals surface area contributed by atoms with Crippen molar-refractivity contribution in [1.82, 2.24) is 19.5 Å². The summed E-state index contributed by atoms with van der Waals surface area (Å²) in [5, 5.41) is 22.0. The number of halogens is 2. The molecule has 5 rings (SSSR count). The summed E-state index contributed by atoms with van der Waals surface area (Å²) in [6.07, 6.45) is 1.53. The highest BCUT2D eigenvalue weighted by atomic mass is 19.1. The van der Waals surface area contributed by atoms with E-state index < -0.39 is 28.8 Å². The molecule has 10 nitrogen and oxygen atoms in total. The zero-order chi connectivity index (χ0) is 25.6. The van der Waals surface area contributed by atoms with Crippen LogP contribution in [0.1, 0.15) is 35.8 Å². The second kappa shape index (κ2) is 8.60. The number of nitriles is 2. The van der Waals surface area contributed by atoms with Gasteiger partial charge in [0, 0.05) is 0 Å². The first-order valence-corrected chi connectivity index (χ1v) is 10.8. The molecule has 0 bridgehead atoms. The van der Waals surface area contributed by atoms with Crippen molar-refractivity contribution >= 4 is 28.5 Å². The molecule has 4 aromatic rings. The number of fused-ring (bicyclic) bond motifs is 1. The molecular weight excluding hydrogens is 468 g/mol. The quantitative estimate of drug-likeness (QED) is 0.384. The van der Waals surface area contributed by atoms with Gasteiger partial charge in [-0.15, -0.1) is 0 Å². The van der Waals surface area contributed by atoms with E-state index in [1.807, 2.05) is 6.07 Å². The molecule has 0 spiro atoms. The lowest BCUT2D eigenvalue weighted by Crippen LogP contribution is -2.30. The molecule has 1 aliphatic rings. The molecule has 5 N–H and O–H groups in total. The molecule has 1 aliphatic carbocycles. The molecule has 1 unspecified atom stereocenters. The Hall–Kier alpha value is -5.10. The summed E-state index contributed by atoms with van der Waals surface area (Å²) in [5.74, 6) is -1.58. The smallest absolute Gasteiger partial charge is 0.267 e. The summed E-state index contributed by atoms with van der Waals surface area (Å²) in [6.45, 7) is 0. The summed E-state index contributed by atoms with van der Waals surface area (Å²) in [5.41, 5.74) is 10.6. The zero-order valence-corrected chi connectivity index (χ0v) is 18.5. The Labute approximate surface area is 202 Å². The average Bonchev–Trinajstić information content (AvgIpc) is 3.68. The summed E-state index contributed by atoms with van der Waals surface area (Å²) >= 11 is 0. The van der Waals surface area contributed by atoms with Crippen molar-refractivity contribution in [2.45, 2.75) is 18.9 Å². The maximum Gasteiger partial charge on any atom is 0.267 e. The van der Waals surface area contributed by atoms with E-state index in [4.69, 9.17) is 11.5 Å². The van der Waals surface area contributed by atoms with E-state index in [0.29, 0.717) is 0 Å². The second-order valence-corrected chi connectivity index (χ2v) is 8.28. The molecule has 178 valence electrons. The van der Waals surface area contributed by atoms with Crippen LogP contribution in [0.5, 0.6) is 0 Å². The molecule has 1 atom stereocenters. The summed E-state index contributed by atoms with van der Waals surface area (Å²) < 4.78 is 29.7. The molecule has 0 aliphatic heterocycles. The summed E-state index contributed by atoms with van der Waals surface area (Å²) in [4.78, 5) is 26.3. The van der Waals surface area contributed by atoms with Gasteiger partial charge in [-0.2, -0.15) is 20.5 Å². The Morgan fingerprint density at radius 1 is 1.06 bits per heavy atom. The molecule has 1 fully saturated rings. The number of benzene rings is 2. The Balaban J connectivity index is 1.81. The van der Waals surface area contributed by atoms with Gasteiger partial charge in [-0.05, 0) is 49.1 Å². The van der Waals surface area contributed by atoms with Crippen LogP contribution in [0.2, 0.25) is 0 Å². The fourth-order valence-corrected chi connectivity index (χ4v) is 4.13. The minimum absolute atomic E-state index is 0.0333. The Morgan fingerprint density at radius 3 is 2.47 bits per heavy atom. The number of hydrogen-bond acceptors (Lipinski definition) is 9. The van der Waals surface area contributed by atoms with E-state index in [9.17, 15) is 24.1 Å². The second-order valence-electron chi connectivity index (χ2n) is 8.28. The van der Waals surface area contributed by atoms with E-state index in [0.717, 1.165) is 29.5 Å². The molecule has 0 amide bonds. The summed E-state index contributed by atoms with van der Waals surface area (Å²) in [6, 6.07) is 10.6. The van der Waals surface area contributed by atoms with Crippen molar-refractivity contribution in [3.05, 3.63) is 75.3 Å². The number of anilines is 3. The van der Waals surface area contributed by atoms with E-state index in [-0.39, 0.29) is 51.5 Å². The van der Waals surface area contributed by atoms with Crippen LogP contribution in [0, 0.1) is 40.2 Å². The standard InChI is InChI=1S/C24H17F2N9O/c25-12-2-1-3-13(8-12)35-22(31-17-7-6-16(26)14(9-27)18(17)23(35)36)19(11-4-5-11)32-21-15(10-28)20(29)33-24(30)34-21/h1-3,6-8,11,19H,4-5H2,(H5,29,30,32,33,34). The number of nitrogen functional groups attached to an aromatic ring is 2. The fourth-order valence-electron chi connectivity index (χ4n) is 4.13. The van der Waals surface area contributed by atoms with Crippen LogP contribution in [0.4, 0.5) is 26.4 Å². The third-order valence-corrected chi connectivity index (χ3v) is 5.92. The van der Waals surface area contributed by atoms with Crippen LogP contribution >= 0.6 is 0 Å². The van der Waals surface area contributed by atoms with E-state index in [1.165, 1.54) is 24.3 Å². The monoisotopic (exact) mass is 485 g/mol. The highest BCUT2D eigenvalue weighted by molar-refractivity contribution is 5.84. The lowest BCUT2D eigenvalue weighted by atomic mass is 10.1. The number of rotatable bonds is 5. The molecule has 2 aromatic carbocycles. The van der Waals surface area contributed by atoms with Gasteiger partial charge in [-0.1, -0.05) is 6.07 Å². The van der Waals surface area contributed by atoms with Gasteiger partial charge in [0.1, 0.15) is 46.5 Å². The van der Waals surface area contributed by atoms with E-state index >= 15 is 0 Å². The van der Waals surface area contributed by atoms with Crippen LogP contribution in [-0.4, -0.2) is 19.5 Å². The number of nitrogens with one attached hydrogen (secondary N) is 1. The molecule has 0 radical (unpaired) electrons. The van der Waals surface area contributed by atoms with Crippen molar-refractivity contribution in [2.24, 2.45) is 5.92 Å². The lowest BCUT2D eigenvalue weighted by molar-refractivity contribution is 0.601. The number of aromatic nitrogens is 4. The van der Waals surface area contributed by atoms with E-state index in [2.05, 4.69) is 20.3 Å². The number of nitrogens with zero attached hydrogens (tertiary/aromatic N) is 6. The predicted octanol–water partition coefficient (Wildman–Crippen LogP) is 2.92. The SMILES string of the molecule is N#Cc1c(N)nc(N)nc1NC(c1nc2ccc(F)c(C#N)c2c(=O)n1-c1cccc(F)c1)C1CC1. The van der Waals surface area contributed by atoms with Crippen LogP contribution in [0.15, 0.2) is 41.2 Å². The van der Waals surface area contributed by atoms with Gasteiger partial charge in [0.15, 0.2) is 5.82 Å². The molecular formula is C24H17F2N9O. The lowest BCUT2D eigenvalue weighted by Gasteiger charge is -2.24. The molecule has 12 heteroatoms. The Bertz CT molecular complexity index is 1680. The predicted molar refractivity (Wildman–Crippen MR) is 127 cm³/mol. The van der Waals surface area contributed by atoms with Crippen molar-refractivity contribution < 1.29 is 8.78 Å². The molecule has 2 aromatic heterocycles. The average molecular weight is 485 g/mol. The first-order valence-electron chi connectivity index (χ1n) is 10.8. The first-order chi connectivity index (χ1) is 17.3. The van der Waals surface area contributed by atoms with Crippen molar-refractivity contribution in [3.8, 4) is 17.8 Å². The van der Waals surface area contributed by atoms with Gasteiger partial charge in [0.25, 0.3) is 5.56 Å². The molecule has 1 saturated carbocycles. The van der Waals surface area contributed by atoms with Gasteiger partial charge in [-0.3, -0.25) is 9.36 Å². The fraction of sp³-hybridized carbons (Fsp3) is 0.167. The largest absolute Gasteiger partial charge is 0.382 e. The van der Waals surface area contributed by atoms with Gasteiger partial charge in [-0.25, -0.2) is 13.8 Å². The van der Waals surface area contributed by atoms with Crippen LogP contribution < -0.4 is 22.3 Å². The minimum Gasteiger partial charge on any atom is -0.382 e. The minimum atomic E-state index is -0.870. The molecule has 0 saturated heterocycles. The Kier molecular flexibility index (Phi) is 5.42. The maximum absolute atomic E-state index is 14.4. The third kappa shape index (κ3) is 3.80. The highest BCUT2D eigenvalue weighted by Gasteiger charge is 2.37. The number of hydrogen-bond donors (Lipinski definition) is 3. The topological polar surface area (TPSA) is 172 Å². The Morgan fingerprint density at radius 2 is 1.81 bits per heavy atom. The highest BCUT2D eigenvalue weighted by Crippen LogP contribution is 2.43. The first kappa shape index (κ1) is 22.7. The molecule has 36 heavy (non-hydrogen) atoms. The van der Waals surface area contributed by atoms with Gasteiger partial charge in [0.2, 0.25) is 5.95 Å². The van der Waals surface area contributed by atoms with Gasteiger partial charge in [0.05, 0.1) is 22.6 Å². The summed E-state index contributed by atoms with van der Waals surface area (Å²) in [7, 11) is 0. The van der Waals surface area contributed by atoms with Crippen molar-refractivity contribution in [3.63, 3.8) is 0 Å². The van der Waals surface area contributed by atoms with Gasteiger partial charge < -0.3 is 16.8 Å². The van der Waals surface area contributed by atoms with Crippen molar-refractivity contribution in [1.29, 1.82) is 10.5 Å². The van der Waals surface area contributed by atoms with Crippen molar-refractivity contribution in [2.75, 3.05) is 16.8 Å². The van der Waals surface area contributed by atoms with Crippen LogP contribution in [-0.2, 0) is 0 Å². The van der Waals surface area contributed by atoms with Crippen LogP contribution in [0.3, 0.4) is 0 Å². The van der Waals surface area contributed by atoms with Crippen LogP contribution in [0.25, 0.3) is 16.6 Å². The maximum atomic E-state index is 14.4. The zero-order valence-electron chi connectivity index (χ0n) is 18.5. The third-order valence-electron chi connectivity index (χ3n) is 5.92.